The number of aliphatic hydroxyl groups is 1. The van der Waals surface area contributed by atoms with Crippen LogP contribution < -0.4 is 14.4 Å². The highest BCUT2D eigenvalue weighted by Gasteiger charge is 2.45. The largest absolute Gasteiger partial charge is 0.503 e. The van der Waals surface area contributed by atoms with E-state index in [0.717, 1.165) is 24.0 Å². The molecule has 5 rings (SSSR count). The van der Waals surface area contributed by atoms with E-state index >= 15 is 0 Å². The lowest BCUT2D eigenvalue weighted by molar-refractivity contribution is -0.117. The number of benzene rings is 3. The van der Waals surface area contributed by atoms with Gasteiger partial charge in [-0.05, 0) is 54.3 Å². The van der Waals surface area contributed by atoms with Crippen molar-refractivity contribution in [3.05, 3.63) is 112 Å². The fraction of sp³-hybridized carbons (Fsp3) is 0.235. The number of carbonyl (C=O) groups excluding carboxylic acids is 2. The summed E-state index contributed by atoms with van der Waals surface area (Å²) in [6, 6.07) is 21.2. The maximum Gasteiger partial charge on any atom is 0.296 e. The van der Waals surface area contributed by atoms with Gasteiger partial charge in [-0.15, -0.1) is 10.2 Å². The van der Waals surface area contributed by atoms with E-state index in [-0.39, 0.29) is 10.7 Å². The number of allylic oxidation sites excluding steroid dienone is 1. The Bertz CT molecular complexity index is 1720. The van der Waals surface area contributed by atoms with Crippen molar-refractivity contribution >= 4 is 57.6 Å². The van der Waals surface area contributed by atoms with E-state index in [1.807, 2.05) is 61.5 Å². The SMILES string of the molecule is CCCCOc1ccc(C2C(C(=O)/C=C/c3ccccc3)=C(O)C(=O)N2c2nnc(SCc3ccccc3Cl)s2)cc1OCC. The van der Waals surface area contributed by atoms with E-state index in [0.29, 0.717) is 45.4 Å². The summed E-state index contributed by atoms with van der Waals surface area (Å²) in [5.41, 5.74) is 2.24. The second-order valence-corrected chi connectivity index (χ2v) is 12.6. The van der Waals surface area contributed by atoms with Crippen LogP contribution in [-0.4, -0.2) is 40.2 Å². The van der Waals surface area contributed by atoms with E-state index in [1.165, 1.54) is 34.1 Å². The molecule has 0 fully saturated rings. The zero-order chi connectivity index (χ0) is 31.8. The summed E-state index contributed by atoms with van der Waals surface area (Å²) in [6.07, 6.45) is 4.88. The van der Waals surface area contributed by atoms with Gasteiger partial charge in [-0.3, -0.25) is 14.5 Å². The van der Waals surface area contributed by atoms with Crippen LogP contribution in [-0.2, 0) is 15.3 Å². The Morgan fingerprint density at radius 1 is 1.04 bits per heavy atom. The molecule has 1 atom stereocenters. The molecule has 232 valence electrons. The molecule has 0 saturated carbocycles. The Kier molecular flexibility index (Phi) is 10.9. The number of amides is 1. The van der Waals surface area contributed by atoms with Crippen molar-refractivity contribution in [2.45, 2.75) is 42.8 Å². The number of anilines is 1. The number of aliphatic hydroxyl groups excluding tert-OH is 1. The third-order valence-corrected chi connectivity index (χ3v) is 9.42. The first-order chi connectivity index (χ1) is 21.9. The maximum atomic E-state index is 13.7. The molecule has 8 nitrogen and oxygen atoms in total. The number of ether oxygens (including phenoxy) is 2. The first-order valence-corrected chi connectivity index (χ1v) is 16.7. The van der Waals surface area contributed by atoms with E-state index in [2.05, 4.69) is 17.1 Å². The van der Waals surface area contributed by atoms with Gasteiger partial charge >= 0.3 is 0 Å². The van der Waals surface area contributed by atoms with Gasteiger partial charge in [-0.1, -0.05) is 109 Å². The molecule has 1 unspecified atom stereocenters. The number of ketones is 1. The van der Waals surface area contributed by atoms with Gasteiger partial charge in [0.1, 0.15) is 0 Å². The Balaban J connectivity index is 1.51. The van der Waals surface area contributed by atoms with Gasteiger partial charge in [0.25, 0.3) is 5.91 Å². The first-order valence-electron chi connectivity index (χ1n) is 14.5. The maximum absolute atomic E-state index is 13.7. The van der Waals surface area contributed by atoms with Gasteiger partial charge in [0.2, 0.25) is 5.13 Å². The first kappa shape index (κ1) is 32.3. The van der Waals surface area contributed by atoms with Gasteiger partial charge in [0, 0.05) is 10.8 Å². The van der Waals surface area contributed by atoms with E-state index < -0.39 is 23.5 Å². The predicted octanol–water partition coefficient (Wildman–Crippen LogP) is 8.24. The van der Waals surface area contributed by atoms with Crippen molar-refractivity contribution in [3.8, 4) is 11.5 Å². The number of rotatable bonds is 14. The summed E-state index contributed by atoms with van der Waals surface area (Å²) in [4.78, 5) is 28.7. The van der Waals surface area contributed by atoms with Crippen molar-refractivity contribution in [2.75, 3.05) is 18.1 Å². The number of hydrogen-bond donors (Lipinski definition) is 1. The molecule has 0 saturated heterocycles. The normalized spacial score (nSPS) is 14.9. The van der Waals surface area contributed by atoms with Gasteiger partial charge in [0.05, 0.1) is 24.8 Å². The third kappa shape index (κ3) is 7.58. The molecule has 0 aliphatic carbocycles. The molecule has 0 radical (unpaired) electrons. The van der Waals surface area contributed by atoms with Crippen molar-refractivity contribution in [1.29, 1.82) is 0 Å². The summed E-state index contributed by atoms with van der Waals surface area (Å²) < 4.78 is 12.5. The highest BCUT2D eigenvalue weighted by Crippen LogP contribution is 2.45. The summed E-state index contributed by atoms with van der Waals surface area (Å²) in [5, 5.41) is 20.7. The number of halogens is 1. The molecule has 1 aromatic heterocycles. The highest BCUT2D eigenvalue weighted by atomic mass is 35.5. The van der Waals surface area contributed by atoms with E-state index in [4.69, 9.17) is 21.1 Å². The molecular weight excluding hydrogens is 630 g/mol. The summed E-state index contributed by atoms with van der Waals surface area (Å²) >= 11 is 8.95. The van der Waals surface area contributed by atoms with Crippen LogP contribution in [0.3, 0.4) is 0 Å². The zero-order valence-electron chi connectivity index (χ0n) is 24.8. The van der Waals surface area contributed by atoms with Crippen LogP contribution in [0.2, 0.25) is 5.02 Å². The minimum atomic E-state index is -0.983. The van der Waals surface area contributed by atoms with Crippen LogP contribution in [0.5, 0.6) is 11.5 Å². The molecular formula is C34H32ClN3O5S2. The standard InChI is InChI=1S/C34H32ClN3O5S2/c1-3-5-19-43-27-18-16-23(20-28(27)42-4-2)30-29(26(39)17-15-22-11-7-6-8-12-22)31(40)32(41)38(30)33-36-37-34(45-33)44-21-24-13-9-10-14-25(24)35/h6-18,20,30,40H,3-5,19,21H2,1-2H3/b17-15+. The molecule has 3 aromatic carbocycles. The lowest BCUT2D eigenvalue weighted by Crippen LogP contribution is -2.31. The lowest BCUT2D eigenvalue weighted by Gasteiger charge is -2.24. The average Bonchev–Trinajstić information content (AvgIpc) is 3.62. The van der Waals surface area contributed by atoms with Crippen molar-refractivity contribution < 1.29 is 24.2 Å². The highest BCUT2D eigenvalue weighted by molar-refractivity contribution is 8.00. The molecule has 11 heteroatoms. The minimum absolute atomic E-state index is 0.0604. The Morgan fingerprint density at radius 3 is 2.58 bits per heavy atom. The van der Waals surface area contributed by atoms with Crippen LogP contribution in [0.15, 0.2) is 94.5 Å². The topological polar surface area (TPSA) is 102 Å². The van der Waals surface area contributed by atoms with Crippen molar-refractivity contribution in [3.63, 3.8) is 0 Å². The fourth-order valence-electron chi connectivity index (χ4n) is 4.72. The quantitative estimate of drug-likeness (QED) is 0.0624. The minimum Gasteiger partial charge on any atom is -0.503 e. The predicted molar refractivity (Wildman–Crippen MR) is 179 cm³/mol. The van der Waals surface area contributed by atoms with Crippen LogP contribution >= 0.6 is 34.7 Å². The average molecular weight is 662 g/mol. The molecule has 1 amide bonds. The van der Waals surface area contributed by atoms with E-state index in [9.17, 15) is 14.7 Å². The number of thioether (sulfide) groups is 1. The van der Waals surface area contributed by atoms with Crippen LogP contribution in [0, 0.1) is 0 Å². The summed E-state index contributed by atoms with van der Waals surface area (Å²) in [6.45, 7) is 4.86. The van der Waals surface area contributed by atoms with Gasteiger partial charge in [-0.25, -0.2) is 0 Å². The molecule has 1 aliphatic rings. The number of nitrogens with zero attached hydrogens (tertiary/aromatic N) is 3. The fourth-order valence-corrected chi connectivity index (χ4v) is 6.87. The second kappa shape index (κ2) is 15.2. The number of aromatic nitrogens is 2. The Morgan fingerprint density at radius 2 is 1.82 bits per heavy atom. The molecule has 1 aliphatic heterocycles. The molecule has 0 bridgehead atoms. The smallest absolute Gasteiger partial charge is 0.296 e. The lowest BCUT2D eigenvalue weighted by atomic mass is 9.95. The molecule has 0 spiro atoms. The Hall–Kier alpha value is -4.12. The molecule has 2 heterocycles. The summed E-state index contributed by atoms with van der Waals surface area (Å²) in [5.74, 6) is -0.286. The third-order valence-electron chi connectivity index (χ3n) is 6.95. The van der Waals surface area contributed by atoms with Crippen molar-refractivity contribution in [1.82, 2.24) is 10.2 Å². The number of hydrogen-bond acceptors (Lipinski definition) is 9. The van der Waals surface area contributed by atoms with Crippen molar-refractivity contribution in [2.24, 2.45) is 0 Å². The van der Waals surface area contributed by atoms with Crippen LogP contribution in [0.1, 0.15) is 49.4 Å². The number of carbonyl (C=O) groups is 2. The van der Waals surface area contributed by atoms with Gasteiger partial charge in [0.15, 0.2) is 27.4 Å². The monoisotopic (exact) mass is 661 g/mol. The number of unbranched alkanes of at least 4 members (excludes halogenated alkanes) is 1. The molecule has 4 aromatic rings. The van der Waals surface area contributed by atoms with Crippen LogP contribution in [0.25, 0.3) is 6.08 Å². The molecule has 1 N–H and O–H groups in total. The van der Waals surface area contributed by atoms with Gasteiger partial charge in [-0.2, -0.15) is 0 Å². The van der Waals surface area contributed by atoms with Gasteiger partial charge < -0.3 is 14.6 Å². The Labute approximate surface area is 275 Å². The second-order valence-electron chi connectivity index (χ2n) is 10.0. The summed E-state index contributed by atoms with van der Waals surface area (Å²) in [7, 11) is 0. The zero-order valence-corrected chi connectivity index (χ0v) is 27.2. The van der Waals surface area contributed by atoms with E-state index in [1.54, 1.807) is 24.3 Å². The van der Waals surface area contributed by atoms with Crippen LogP contribution in [0.4, 0.5) is 5.13 Å². The molecule has 45 heavy (non-hydrogen) atoms.